The van der Waals surface area contributed by atoms with Gasteiger partial charge in [0.15, 0.2) is 5.78 Å². The van der Waals surface area contributed by atoms with E-state index in [9.17, 15) is 4.79 Å². The lowest BCUT2D eigenvalue weighted by molar-refractivity contribution is 0.103. The third kappa shape index (κ3) is 3.49. The van der Waals surface area contributed by atoms with Crippen LogP contribution in [0.1, 0.15) is 51.8 Å². The molecule has 3 N–H and O–H groups in total. The van der Waals surface area contributed by atoms with Gasteiger partial charge in [-0.15, -0.1) is 10.2 Å². The van der Waals surface area contributed by atoms with Gasteiger partial charge in [0, 0.05) is 28.2 Å². The van der Waals surface area contributed by atoms with Crippen molar-refractivity contribution < 1.29 is 13.9 Å². The molecule has 146 valence electrons. The van der Waals surface area contributed by atoms with Crippen molar-refractivity contribution in [2.75, 3.05) is 13.2 Å². The highest BCUT2D eigenvalue weighted by Gasteiger charge is 2.31. The zero-order valence-corrected chi connectivity index (χ0v) is 17.3. The number of nitrogens with two attached hydrogens (primary N) is 1. The summed E-state index contributed by atoms with van der Waals surface area (Å²) in [6.07, 6.45) is 2.17. The van der Waals surface area contributed by atoms with E-state index in [1.807, 2.05) is 19.9 Å². The topological polar surface area (TPSA) is 107 Å². The van der Waals surface area contributed by atoms with E-state index in [-0.39, 0.29) is 5.78 Å². The average molecular weight is 445 g/mol. The van der Waals surface area contributed by atoms with E-state index >= 15 is 0 Å². The van der Waals surface area contributed by atoms with Crippen LogP contribution in [0.25, 0.3) is 11.6 Å². The summed E-state index contributed by atoms with van der Waals surface area (Å²) in [6, 6.07) is 5.37. The maximum atomic E-state index is 13.4. The number of hydrogen-bond donors (Lipinski definition) is 2. The summed E-state index contributed by atoms with van der Waals surface area (Å²) < 4.78 is 12.3. The second-order valence-electron chi connectivity index (χ2n) is 6.95. The number of rotatable bonds is 7. The molecule has 0 atom stereocenters. The first-order chi connectivity index (χ1) is 13.5. The van der Waals surface area contributed by atoms with Crippen molar-refractivity contribution in [3.63, 3.8) is 0 Å². The molecule has 0 amide bonds. The van der Waals surface area contributed by atoms with Crippen LogP contribution in [0.5, 0.6) is 5.75 Å². The molecule has 0 aliphatic heterocycles. The van der Waals surface area contributed by atoms with E-state index < -0.39 is 0 Å². The van der Waals surface area contributed by atoms with Gasteiger partial charge in [0.2, 0.25) is 5.89 Å². The molecular weight excluding hydrogens is 424 g/mol. The minimum absolute atomic E-state index is 0.132. The fraction of sp³-hybridized carbons (Fsp3) is 0.350. The van der Waals surface area contributed by atoms with Gasteiger partial charge in [-0.25, -0.2) is 0 Å². The first-order valence-electron chi connectivity index (χ1n) is 9.19. The lowest BCUT2D eigenvalue weighted by Gasteiger charge is -2.11. The second-order valence-corrected chi connectivity index (χ2v) is 7.87. The number of H-pyrrole nitrogens is 1. The smallest absolute Gasteiger partial charge is 0.264 e. The predicted octanol–water partition coefficient (Wildman–Crippen LogP) is 3.89. The molecule has 2 aromatic heterocycles. The number of nitrogens with one attached hydrogen (secondary N) is 1. The zero-order valence-electron chi connectivity index (χ0n) is 15.7. The summed E-state index contributed by atoms with van der Waals surface area (Å²) in [5, 5.41) is 8.30. The monoisotopic (exact) mass is 444 g/mol. The van der Waals surface area contributed by atoms with E-state index in [0.29, 0.717) is 53.4 Å². The van der Waals surface area contributed by atoms with Gasteiger partial charge in [0.1, 0.15) is 18.1 Å². The molecule has 2 heterocycles. The minimum atomic E-state index is -0.132. The molecule has 28 heavy (non-hydrogen) atoms. The van der Waals surface area contributed by atoms with Crippen LogP contribution >= 0.6 is 15.9 Å². The molecule has 1 fully saturated rings. The molecule has 0 saturated heterocycles. The van der Waals surface area contributed by atoms with Gasteiger partial charge in [-0.1, -0.05) is 15.9 Å². The van der Waals surface area contributed by atoms with Crippen LogP contribution in [0.15, 0.2) is 27.1 Å². The molecule has 0 radical (unpaired) electrons. The Kier molecular flexibility index (Phi) is 5.07. The van der Waals surface area contributed by atoms with Crippen molar-refractivity contribution in [1.29, 1.82) is 0 Å². The Morgan fingerprint density at radius 2 is 2.14 bits per heavy atom. The molecule has 0 spiro atoms. The fourth-order valence-corrected chi connectivity index (χ4v) is 3.61. The molecular formula is C20H21BrN4O3. The summed E-state index contributed by atoms with van der Waals surface area (Å²) in [6.45, 7) is 4.45. The predicted molar refractivity (Wildman–Crippen MR) is 108 cm³/mol. The summed E-state index contributed by atoms with van der Waals surface area (Å²) in [5.74, 6) is 1.83. The Morgan fingerprint density at radius 1 is 1.36 bits per heavy atom. The van der Waals surface area contributed by atoms with Gasteiger partial charge in [-0.2, -0.15) is 0 Å². The summed E-state index contributed by atoms with van der Waals surface area (Å²) in [7, 11) is 0. The lowest BCUT2D eigenvalue weighted by atomic mass is 9.99. The Bertz CT molecular complexity index is 1040. The number of aromatic nitrogens is 3. The van der Waals surface area contributed by atoms with Gasteiger partial charge in [0.25, 0.3) is 5.89 Å². The number of carbonyl (C=O) groups is 1. The van der Waals surface area contributed by atoms with Gasteiger partial charge in [-0.05, 0) is 50.5 Å². The minimum Gasteiger partial charge on any atom is -0.492 e. The van der Waals surface area contributed by atoms with Crippen molar-refractivity contribution in [2.24, 2.45) is 5.73 Å². The fourth-order valence-electron chi connectivity index (χ4n) is 3.24. The molecule has 3 aromatic rings. The van der Waals surface area contributed by atoms with Crippen LogP contribution in [0.3, 0.4) is 0 Å². The highest BCUT2D eigenvalue weighted by atomic mass is 79.9. The maximum Gasteiger partial charge on any atom is 0.264 e. The van der Waals surface area contributed by atoms with Gasteiger partial charge < -0.3 is 19.9 Å². The molecule has 8 heteroatoms. The SMILES string of the molecule is Cc1[nH]c(-c2nnc(C3CC3)o2)c(C)c1C(=O)c1cc(Br)ccc1OCCN. The maximum absolute atomic E-state index is 13.4. The van der Waals surface area contributed by atoms with E-state index in [0.717, 1.165) is 28.6 Å². The van der Waals surface area contributed by atoms with Crippen LogP contribution in [-0.4, -0.2) is 34.1 Å². The Morgan fingerprint density at radius 3 is 2.86 bits per heavy atom. The molecule has 7 nitrogen and oxygen atoms in total. The number of aromatic amines is 1. The van der Waals surface area contributed by atoms with Crippen molar-refractivity contribution in [3.8, 4) is 17.3 Å². The summed E-state index contributed by atoms with van der Waals surface area (Å²) in [4.78, 5) is 16.6. The third-order valence-corrected chi connectivity index (χ3v) is 5.30. The van der Waals surface area contributed by atoms with Crippen molar-refractivity contribution >= 4 is 21.7 Å². The van der Waals surface area contributed by atoms with Gasteiger partial charge >= 0.3 is 0 Å². The standard InChI is InChI=1S/C20H21BrN4O3/c1-10-16(18(26)14-9-13(21)5-6-15(14)27-8-7-22)11(2)23-17(10)20-25-24-19(28-20)12-3-4-12/h5-6,9,12,23H,3-4,7-8,22H2,1-2H3. The van der Waals surface area contributed by atoms with E-state index in [1.165, 1.54) is 0 Å². The van der Waals surface area contributed by atoms with Crippen LogP contribution < -0.4 is 10.5 Å². The number of aryl methyl sites for hydroxylation is 1. The number of nitrogens with zero attached hydrogens (tertiary/aromatic N) is 2. The third-order valence-electron chi connectivity index (χ3n) is 4.81. The highest BCUT2D eigenvalue weighted by Crippen LogP contribution is 2.40. The molecule has 1 aromatic carbocycles. The first kappa shape index (κ1) is 18.9. The Labute approximate surface area is 170 Å². The molecule has 1 saturated carbocycles. The number of halogens is 1. The number of benzene rings is 1. The van der Waals surface area contributed by atoms with Crippen LogP contribution in [0.2, 0.25) is 0 Å². The largest absolute Gasteiger partial charge is 0.492 e. The normalized spacial score (nSPS) is 13.7. The van der Waals surface area contributed by atoms with Gasteiger partial charge in [-0.3, -0.25) is 4.79 Å². The van der Waals surface area contributed by atoms with Crippen molar-refractivity contribution in [2.45, 2.75) is 32.6 Å². The summed E-state index contributed by atoms with van der Waals surface area (Å²) >= 11 is 3.43. The van der Waals surface area contributed by atoms with E-state index in [2.05, 4.69) is 31.1 Å². The average Bonchev–Trinajstić information content (AvgIpc) is 3.34. The number of ketones is 1. The van der Waals surface area contributed by atoms with Crippen molar-refractivity contribution in [3.05, 3.63) is 50.9 Å². The van der Waals surface area contributed by atoms with E-state index in [4.69, 9.17) is 14.9 Å². The number of ether oxygens (including phenoxy) is 1. The van der Waals surface area contributed by atoms with Crippen LogP contribution in [-0.2, 0) is 0 Å². The van der Waals surface area contributed by atoms with Crippen LogP contribution in [0.4, 0.5) is 0 Å². The number of hydrogen-bond acceptors (Lipinski definition) is 6. The molecule has 1 aliphatic rings. The Balaban J connectivity index is 1.72. The molecule has 0 bridgehead atoms. The quantitative estimate of drug-likeness (QED) is 0.535. The van der Waals surface area contributed by atoms with Gasteiger partial charge in [0.05, 0.1) is 5.56 Å². The molecule has 1 aliphatic carbocycles. The first-order valence-corrected chi connectivity index (χ1v) is 9.99. The lowest BCUT2D eigenvalue weighted by Crippen LogP contribution is -2.13. The number of carbonyl (C=O) groups excluding carboxylic acids is 1. The Hall–Kier alpha value is -2.45. The zero-order chi connectivity index (χ0) is 19.8. The summed E-state index contributed by atoms with van der Waals surface area (Å²) in [5.41, 5.74) is 8.80. The highest BCUT2D eigenvalue weighted by molar-refractivity contribution is 9.10. The molecule has 4 rings (SSSR count). The van der Waals surface area contributed by atoms with Crippen LogP contribution in [0, 0.1) is 13.8 Å². The van der Waals surface area contributed by atoms with Crippen molar-refractivity contribution in [1.82, 2.24) is 15.2 Å². The van der Waals surface area contributed by atoms with E-state index in [1.54, 1.807) is 12.1 Å². The molecule has 0 unspecified atom stereocenters. The second kappa shape index (κ2) is 7.52.